The van der Waals surface area contributed by atoms with Crippen LogP contribution in [-0.4, -0.2) is 56.6 Å². The lowest BCUT2D eigenvalue weighted by Crippen LogP contribution is -2.37. The first-order valence-corrected chi connectivity index (χ1v) is 20.1. The maximum atomic E-state index is 14.3. The van der Waals surface area contributed by atoms with Crippen LogP contribution < -0.4 is 9.05 Å². The molecule has 0 fully saturated rings. The quantitative estimate of drug-likeness (QED) is 0.0672. The highest BCUT2D eigenvalue weighted by Gasteiger charge is 2.41. The highest BCUT2D eigenvalue weighted by Crippen LogP contribution is 2.62. The zero-order valence-corrected chi connectivity index (χ0v) is 31.5. The van der Waals surface area contributed by atoms with Crippen LogP contribution in [0.1, 0.15) is 112 Å². The van der Waals surface area contributed by atoms with E-state index in [1.807, 2.05) is 38.1 Å². The standard InChI is InChI=1S/C30H48O7P2.C5H12O4/c1-7-11-15-25-19-23(5)20-26(16-12-8-2)29(25)35-39(34,37-38(31,32)33)36-30-27(17-13-9-3)21-24(6)22-28(30)18-14-10-4;6-1-5(2-7,3-8)4-9/h19-22H,7-18H2,1-6H3,(H2,31,32,33);6-9H,1-4H2. The van der Waals surface area contributed by atoms with Crippen LogP contribution in [0.25, 0.3) is 0 Å². The molecule has 0 unspecified atom stereocenters. The van der Waals surface area contributed by atoms with E-state index in [4.69, 9.17) is 33.8 Å². The van der Waals surface area contributed by atoms with Gasteiger partial charge in [-0.25, -0.2) is 9.13 Å². The van der Waals surface area contributed by atoms with Gasteiger partial charge in [-0.15, -0.1) is 0 Å². The molecule has 0 heterocycles. The van der Waals surface area contributed by atoms with E-state index in [0.717, 1.165) is 84.7 Å². The minimum absolute atomic E-state index is 0.344. The van der Waals surface area contributed by atoms with Crippen LogP contribution in [0, 0.1) is 19.3 Å². The Labute approximate surface area is 287 Å². The van der Waals surface area contributed by atoms with Gasteiger partial charge in [0.15, 0.2) is 0 Å². The molecule has 0 amide bonds. The fourth-order valence-corrected chi connectivity index (χ4v) is 7.27. The maximum Gasteiger partial charge on any atom is 0.596 e. The summed E-state index contributed by atoms with van der Waals surface area (Å²) in [4.78, 5) is 19.6. The second kappa shape index (κ2) is 22.1. The average Bonchev–Trinajstić information content (AvgIpc) is 3.03. The number of aliphatic hydroxyl groups is 4. The molecule has 0 radical (unpaired) electrons. The van der Waals surface area contributed by atoms with Gasteiger partial charge in [0.2, 0.25) is 0 Å². The second-order valence-corrected chi connectivity index (χ2v) is 15.5. The summed E-state index contributed by atoms with van der Waals surface area (Å²) in [6.07, 6.45) is 10.1. The summed E-state index contributed by atoms with van der Waals surface area (Å²) in [5, 5.41) is 34.0. The fraction of sp³-hybridized carbons (Fsp3) is 0.657. The van der Waals surface area contributed by atoms with E-state index in [0.29, 0.717) is 37.2 Å². The molecule has 0 aromatic heterocycles. The number of aliphatic hydroxyl groups excluding tert-OH is 4. The molecule has 13 heteroatoms. The normalized spacial score (nSPS) is 12.1. The predicted molar refractivity (Wildman–Crippen MR) is 190 cm³/mol. The van der Waals surface area contributed by atoms with Crippen molar-refractivity contribution in [2.24, 2.45) is 5.41 Å². The van der Waals surface area contributed by atoms with Crippen molar-refractivity contribution in [3.8, 4) is 11.5 Å². The van der Waals surface area contributed by atoms with Crippen molar-refractivity contribution in [2.45, 2.75) is 119 Å². The Morgan fingerprint density at radius 3 is 1.02 bits per heavy atom. The van der Waals surface area contributed by atoms with Gasteiger partial charge >= 0.3 is 15.6 Å². The molecule has 0 aliphatic rings. The van der Waals surface area contributed by atoms with E-state index in [9.17, 15) is 18.9 Å². The molecule has 0 saturated heterocycles. The van der Waals surface area contributed by atoms with E-state index in [2.05, 4.69) is 27.7 Å². The summed E-state index contributed by atoms with van der Waals surface area (Å²) in [6.45, 7) is 10.7. The molecule has 0 aliphatic heterocycles. The number of phosphoric ester groups is 1. The molecular weight excluding hydrogens is 658 g/mol. The van der Waals surface area contributed by atoms with Gasteiger partial charge in [0.05, 0.1) is 31.8 Å². The molecule has 0 spiro atoms. The Morgan fingerprint density at radius 1 is 0.562 bits per heavy atom. The summed E-state index contributed by atoms with van der Waals surface area (Å²) < 4.78 is 43.4. The lowest BCUT2D eigenvalue weighted by atomic mass is 9.93. The monoisotopic (exact) mass is 718 g/mol. The molecule has 2 aromatic carbocycles. The summed E-state index contributed by atoms with van der Waals surface area (Å²) in [6, 6.07) is 7.92. The zero-order chi connectivity index (χ0) is 36.4. The van der Waals surface area contributed by atoms with Gasteiger partial charge < -0.3 is 39.3 Å². The lowest BCUT2D eigenvalue weighted by Gasteiger charge is -2.25. The van der Waals surface area contributed by atoms with Gasteiger partial charge in [0, 0.05) is 0 Å². The first-order valence-electron chi connectivity index (χ1n) is 17.1. The largest absolute Gasteiger partial charge is 0.596 e. The van der Waals surface area contributed by atoms with Crippen LogP contribution in [0.3, 0.4) is 0 Å². The topological polar surface area (TPSA) is 183 Å². The van der Waals surface area contributed by atoms with E-state index in [1.165, 1.54) is 0 Å². The van der Waals surface area contributed by atoms with Crippen molar-refractivity contribution in [3.63, 3.8) is 0 Å². The molecule has 48 heavy (non-hydrogen) atoms. The van der Waals surface area contributed by atoms with E-state index in [-0.39, 0.29) is 0 Å². The number of phosphoric acid groups is 2. The van der Waals surface area contributed by atoms with Gasteiger partial charge in [-0.3, -0.25) is 0 Å². The van der Waals surface area contributed by atoms with Crippen LogP contribution in [0.2, 0.25) is 0 Å². The molecule has 0 atom stereocenters. The number of hydrogen-bond acceptors (Lipinski definition) is 9. The third kappa shape index (κ3) is 15.0. The van der Waals surface area contributed by atoms with Gasteiger partial charge in [-0.2, -0.15) is 4.31 Å². The molecule has 276 valence electrons. The SMILES string of the molecule is CCCCc1cc(C)cc(CCCC)c1OP(=O)(Oc1c(CCCC)cc(C)cc1CCCC)OP(=O)(O)O.OCC(CO)(CO)CO. The zero-order valence-electron chi connectivity index (χ0n) is 29.7. The summed E-state index contributed by atoms with van der Waals surface area (Å²) >= 11 is 0. The van der Waals surface area contributed by atoms with Gasteiger partial charge in [-0.05, 0) is 87.5 Å². The minimum Gasteiger partial charge on any atom is -0.396 e. The van der Waals surface area contributed by atoms with Crippen LogP contribution in [0.15, 0.2) is 24.3 Å². The van der Waals surface area contributed by atoms with Crippen molar-refractivity contribution in [1.82, 2.24) is 0 Å². The van der Waals surface area contributed by atoms with E-state index >= 15 is 0 Å². The number of rotatable bonds is 22. The maximum absolute atomic E-state index is 14.3. The van der Waals surface area contributed by atoms with E-state index < -0.39 is 47.5 Å². The number of hydrogen-bond donors (Lipinski definition) is 6. The second-order valence-electron chi connectivity index (χ2n) is 12.6. The summed E-state index contributed by atoms with van der Waals surface area (Å²) in [5.41, 5.74) is 4.33. The highest BCUT2D eigenvalue weighted by molar-refractivity contribution is 7.61. The molecule has 0 aliphatic carbocycles. The van der Waals surface area contributed by atoms with Crippen LogP contribution in [-0.2, 0) is 39.1 Å². The first-order chi connectivity index (χ1) is 22.7. The van der Waals surface area contributed by atoms with Crippen molar-refractivity contribution in [2.75, 3.05) is 26.4 Å². The van der Waals surface area contributed by atoms with Crippen LogP contribution in [0.5, 0.6) is 11.5 Å². The molecule has 0 saturated carbocycles. The third-order valence-corrected chi connectivity index (χ3v) is 10.4. The smallest absolute Gasteiger partial charge is 0.396 e. The van der Waals surface area contributed by atoms with Gasteiger partial charge in [0.1, 0.15) is 11.5 Å². The Bertz CT molecular complexity index is 1170. The van der Waals surface area contributed by atoms with Gasteiger partial charge in [0.25, 0.3) is 0 Å². The van der Waals surface area contributed by atoms with Crippen molar-refractivity contribution in [3.05, 3.63) is 57.6 Å². The summed E-state index contributed by atoms with van der Waals surface area (Å²) in [7, 11) is -10.1. The lowest BCUT2D eigenvalue weighted by molar-refractivity contribution is -0.0328. The Hall–Kier alpha value is -1.78. The van der Waals surface area contributed by atoms with E-state index in [1.54, 1.807) is 0 Å². The molecule has 0 bridgehead atoms. The molecular formula is C35H60O11P2. The van der Waals surface area contributed by atoms with Crippen molar-refractivity contribution in [1.29, 1.82) is 0 Å². The van der Waals surface area contributed by atoms with Crippen LogP contribution >= 0.6 is 15.6 Å². The predicted octanol–water partition coefficient (Wildman–Crippen LogP) is 7.29. The molecule has 2 rings (SSSR count). The summed E-state index contributed by atoms with van der Waals surface area (Å²) in [5.74, 6) is 0.688. The Kier molecular flexibility index (Phi) is 20.4. The molecule has 11 nitrogen and oxygen atoms in total. The van der Waals surface area contributed by atoms with Crippen molar-refractivity contribution < 1.29 is 52.7 Å². The molecule has 6 N–H and O–H groups in total. The van der Waals surface area contributed by atoms with Gasteiger partial charge in [-0.1, -0.05) is 88.8 Å². The average molecular weight is 719 g/mol. The first kappa shape index (κ1) is 44.2. The third-order valence-electron chi connectivity index (χ3n) is 7.93. The number of aryl methyl sites for hydroxylation is 6. The number of benzene rings is 2. The Morgan fingerprint density at radius 2 is 0.833 bits per heavy atom. The Balaban J connectivity index is 0.00000112. The van der Waals surface area contributed by atoms with Crippen LogP contribution in [0.4, 0.5) is 0 Å². The fourth-order valence-electron chi connectivity index (χ4n) is 5.01. The number of unbranched alkanes of at least 4 members (excludes halogenated alkanes) is 4. The highest BCUT2D eigenvalue weighted by atomic mass is 31.3. The van der Waals surface area contributed by atoms with Crippen molar-refractivity contribution >= 4 is 15.6 Å². The minimum atomic E-state index is -5.24. The molecule has 2 aromatic rings.